The lowest BCUT2D eigenvalue weighted by atomic mass is 10.0. The van der Waals surface area contributed by atoms with Crippen molar-refractivity contribution in [1.82, 2.24) is 0 Å². The van der Waals surface area contributed by atoms with E-state index in [0.29, 0.717) is 17.1 Å². The van der Waals surface area contributed by atoms with Crippen LogP contribution in [-0.4, -0.2) is 20.0 Å². The Bertz CT molecular complexity index is 955. The maximum Gasteiger partial charge on any atom is 0.164 e. The Morgan fingerprint density at radius 1 is 0.880 bits per heavy atom. The predicted octanol–water partition coefficient (Wildman–Crippen LogP) is 5.23. The largest absolute Gasteiger partial charge is 0.497 e. The first-order valence-electron chi connectivity index (χ1n) is 8.06. The maximum atomic E-state index is 12.1. The van der Waals surface area contributed by atoms with Crippen molar-refractivity contribution in [3.8, 4) is 11.5 Å². The molecule has 3 heteroatoms. The summed E-state index contributed by atoms with van der Waals surface area (Å²) in [6, 6.07) is 18.1. The zero-order valence-corrected chi connectivity index (χ0v) is 14.6. The summed E-state index contributed by atoms with van der Waals surface area (Å²) in [5.74, 6) is 1.13. The molecule has 3 nitrogen and oxygen atoms in total. The molecule has 0 aliphatic rings. The van der Waals surface area contributed by atoms with Crippen molar-refractivity contribution in [1.29, 1.82) is 0 Å². The molecule has 0 N–H and O–H groups in total. The number of carbonyl (C=O) groups excluding carboxylic acids is 1. The van der Waals surface area contributed by atoms with Crippen molar-refractivity contribution in [2.75, 3.05) is 14.2 Å². The summed E-state index contributed by atoms with van der Waals surface area (Å²) in [7, 11) is 3.15. The normalized spacial score (nSPS) is 11.0. The van der Waals surface area contributed by atoms with Crippen LogP contribution in [0.15, 0.2) is 54.6 Å². The van der Waals surface area contributed by atoms with E-state index in [-0.39, 0.29) is 5.78 Å². The first-order valence-corrected chi connectivity index (χ1v) is 8.06. The van der Waals surface area contributed by atoms with Crippen molar-refractivity contribution < 1.29 is 14.3 Å². The molecule has 0 aliphatic heterocycles. The second-order valence-electron chi connectivity index (χ2n) is 5.79. The van der Waals surface area contributed by atoms with Gasteiger partial charge in [0.25, 0.3) is 0 Å². The summed E-state index contributed by atoms with van der Waals surface area (Å²) in [4.78, 5) is 12.1. The van der Waals surface area contributed by atoms with Crippen LogP contribution in [0.5, 0.6) is 11.5 Å². The quantitative estimate of drug-likeness (QED) is 0.474. The lowest BCUT2D eigenvalue weighted by Crippen LogP contribution is -2.01. The molecule has 0 unspecified atom stereocenters. The number of ketones is 1. The molecule has 25 heavy (non-hydrogen) atoms. The molecule has 3 aromatic carbocycles. The first kappa shape index (κ1) is 16.8. The monoisotopic (exact) mass is 332 g/mol. The van der Waals surface area contributed by atoms with Crippen LogP contribution in [0.2, 0.25) is 0 Å². The van der Waals surface area contributed by atoms with E-state index < -0.39 is 0 Å². The van der Waals surface area contributed by atoms with Gasteiger partial charge in [-0.2, -0.15) is 0 Å². The molecule has 0 heterocycles. The summed E-state index contributed by atoms with van der Waals surface area (Å²) in [5, 5.41) is 2.38. The van der Waals surface area contributed by atoms with E-state index in [1.165, 1.54) is 17.7 Å². The van der Waals surface area contributed by atoms with Crippen LogP contribution >= 0.6 is 0 Å². The summed E-state index contributed by atoms with van der Waals surface area (Å²) < 4.78 is 10.7. The molecule has 0 radical (unpaired) electrons. The molecule has 0 bridgehead atoms. The van der Waals surface area contributed by atoms with Gasteiger partial charge in [0.1, 0.15) is 11.5 Å². The number of methoxy groups -OCH3 is 2. The number of benzene rings is 3. The van der Waals surface area contributed by atoms with E-state index in [2.05, 4.69) is 30.3 Å². The molecular weight excluding hydrogens is 312 g/mol. The van der Waals surface area contributed by atoms with Gasteiger partial charge < -0.3 is 9.47 Å². The fourth-order valence-corrected chi connectivity index (χ4v) is 2.90. The second-order valence-corrected chi connectivity index (χ2v) is 5.79. The summed E-state index contributed by atoms with van der Waals surface area (Å²) in [5.41, 5.74) is 2.40. The van der Waals surface area contributed by atoms with E-state index in [1.54, 1.807) is 20.3 Å². The van der Waals surface area contributed by atoms with Crippen molar-refractivity contribution in [3.63, 3.8) is 0 Å². The van der Waals surface area contributed by atoms with Crippen LogP contribution in [-0.2, 0) is 0 Å². The van der Waals surface area contributed by atoms with Crippen LogP contribution in [0.4, 0.5) is 0 Å². The highest BCUT2D eigenvalue weighted by Crippen LogP contribution is 2.30. The first-order chi connectivity index (χ1) is 12.1. The Hall–Kier alpha value is -3.07. The Balaban J connectivity index is 2.05. The molecule has 0 fully saturated rings. The zero-order chi connectivity index (χ0) is 17.8. The average molecular weight is 332 g/mol. The second kappa shape index (κ2) is 7.22. The highest BCUT2D eigenvalue weighted by atomic mass is 16.5. The molecule has 126 valence electrons. The third-order valence-corrected chi connectivity index (χ3v) is 4.14. The SMILES string of the molecule is COc1cc(/C=C\c2ccc3ccccc3c2)c(C(C)=O)c(OC)c1. The highest BCUT2D eigenvalue weighted by Gasteiger charge is 2.14. The van der Waals surface area contributed by atoms with Gasteiger partial charge in [0, 0.05) is 6.07 Å². The topological polar surface area (TPSA) is 35.5 Å². The van der Waals surface area contributed by atoms with E-state index >= 15 is 0 Å². The van der Waals surface area contributed by atoms with Gasteiger partial charge in [0.2, 0.25) is 0 Å². The lowest BCUT2D eigenvalue weighted by Gasteiger charge is -2.12. The summed E-state index contributed by atoms with van der Waals surface area (Å²) in [6.45, 7) is 1.54. The third-order valence-electron chi connectivity index (χ3n) is 4.14. The maximum absolute atomic E-state index is 12.1. The molecule has 0 saturated heterocycles. The third kappa shape index (κ3) is 3.56. The molecule has 0 spiro atoms. The Labute approximate surface area is 147 Å². The number of carbonyl (C=O) groups is 1. The minimum absolute atomic E-state index is 0.0438. The molecule has 0 aliphatic carbocycles. The van der Waals surface area contributed by atoms with Gasteiger partial charge in [0.15, 0.2) is 5.78 Å². The molecule has 0 atom stereocenters. The van der Waals surface area contributed by atoms with E-state index in [4.69, 9.17) is 9.47 Å². The average Bonchev–Trinajstić information content (AvgIpc) is 2.65. The standard InChI is InChI=1S/C22H20O3/c1-15(23)22-19(13-20(24-2)14-21(22)25-3)11-9-16-8-10-17-6-4-5-7-18(17)12-16/h4-14H,1-3H3/b11-9-. The van der Waals surface area contributed by atoms with Gasteiger partial charge in [-0.05, 0) is 41.0 Å². The van der Waals surface area contributed by atoms with Gasteiger partial charge in [0.05, 0.1) is 19.8 Å². The summed E-state index contributed by atoms with van der Waals surface area (Å²) >= 11 is 0. The van der Waals surface area contributed by atoms with Gasteiger partial charge >= 0.3 is 0 Å². The number of rotatable bonds is 5. The number of hydrogen-bond acceptors (Lipinski definition) is 3. The van der Waals surface area contributed by atoms with Crippen molar-refractivity contribution in [2.24, 2.45) is 0 Å². The van der Waals surface area contributed by atoms with Gasteiger partial charge in [-0.3, -0.25) is 4.79 Å². The van der Waals surface area contributed by atoms with E-state index in [9.17, 15) is 4.79 Å². The van der Waals surface area contributed by atoms with Crippen LogP contribution < -0.4 is 9.47 Å². The van der Waals surface area contributed by atoms with E-state index in [1.807, 2.05) is 30.4 Å². The van der Waals surface area contributed by atoms with Crippen molar-refractivity contribution in [2.45, 2.75) is 6.92 Å². The number of ether oxygens (including phenoxy) is 2. The molecule has 3 aromatic rings. The molecule has 0 saturated carbocycles. The van der Waals surface area contributed by atoms with Crippen LogP contribution in [0.3, 0.4) is 0 Å². The summed E-state index contributed by atoms with van der Waals surface area (Å²) in [6.07, 6.45) is 3.92. The van der Waals surface area contributed by atoms with Gasteiger partial charge in [-0.1, -0.05) is 48.6 Å². The fraction of sp³-hybridized carbons (Fsp3) is 0.136. The Morgan fingerprint density at radius 3 is 2.32 bits per heavy atom. The lowest BCUT2D eigenvalue weighted by molar-refractivity contribution is 0.101. The van der Waals surface area contributed by atoms with Crippen LogP contribution in [0, 0.1) is 0 Å². The van der Waals surface area contributed by atoms with E-state index in [0.717, 1.165) is 11.1 Å². The Kier molecular flexibility index (Phi) is 4.85. The smallest absolute Gasteiger partial charge is 0.164 e. The minimum Gasteiger partial charge on any atom is -0.497 e. The number of hydrogen-bond donors (Lipinski definition) is 0. The minimum atomic E-state index is -0.0438. The molecule has 0 amide bonds. The predicted molar refractivity (Wildman–Crippen MR) is 102 cm³/mol. The highest BCUT2D eigenvalue weighted by molar-refractivity contribution is 6.01. The van der Waals surface area contributed by atoms with Crippen molar-refractivity contribution in [3.05, 3.63) is 71.3 Å². The Morgan fingerprint density at radius 2 is 1.64 bits per heavy atom. The number of Topliss-reactive ketones (excluding diaryl/α,β-unsaturated/α-hetero) is 1. The zero-order valence-electron chi connectivity index (χ0n) is 14.6. The number of fused-ring (bicyclic) bond motifs is 1. The molecule has 0 aromatic heterocycles. The molecular formula is C22H20O3. The van der Waals surface area contributed by atoms with Gasteiger partial charge in [-0.25, -0.2) is 0 Å². The van der Waals surface area contributed by atoms with Crippen LogP contribution in [0.25, 0.3) is 22.9 Å². The molecule has 3 rings (SSSR count). The van der Waals surface area contributed by atoms with Gasteiger partial charge in [-0.15, -0.1) is 0 Å². The van der Waals surface area contributed by atoms with Crippen LogP contribution in [0.1, 0.15) is 28.4 Å². The van der Waals surface area contributed by atoms with Crippen molar-refractivity contribution >= 4 is 28.7 Å². The fourth-order valence-electron chi connectivity index (χ4n) is 2.90.